The van der Waals surface area contributed by atoms with Crippen molar-refractivity contribution in [1.82, 2.24) is 10.6 Å². The highest BCUT2D eigenvalue weighted by Crippen LogP contribution is 2.34. The number of carbonyl (C=O) groups is 2. The van der Waals surface area contributed by atoms with Crippen LogP contribution in [0.2, 0.25) is 0 Å². The molecule has 1 aliphatic heterocycles. The molecule has 0 unspecified atom stereocenters. The van der Waals surface area contributed by atoms with Gasteiger partial charge in [0, 0.05) is 12.1 Å². The van der Waals surface area contributed by atoms with Crippen LogP contribution in [-0.4, -0.2) is 25.2 Å². The quantitative estimate of drug-likeness (QED) is 0.752. The monoisotopic (exact) mass is 369 g/mol. The zero-order valence-electron chi connectivity index (χ0n) is 15.4. The molecule has 1 heterocycles. The summed E-state index contributed by atoms with van der Waals surface area (Å²) in [6.45, 7) is 5.24. The van der Waals surface area contributed by atoms with E-state index in [2.05, 4.69) is 10.6 Å². The van der Waals surface area contributed by atoms with Crippen molar-refractivity contribution in [2.45, 2.75) is 25.9 Å². The second-order valence-corrected chi connectivity index (χ2v) is 6.85. The minimum absolute atomic E-state index is 0.190. The Morgan fingerprint density at radius 3 is 2.37 bits per heavy atom. The summed E-state index contributed by atoms with van der Waals surface area (Å²) in [6.07, 6.45) is 0. The van der Waals surface area contributed by atoms with Gasteiger partial charge in [-0.15, -0.1) is 0 Å². The molecule has 0 atom stereocenters. The minimum Gasteiger partial charge on any atom is -0.486 e. The van der Waals surface area contributed by atoms with Gasteiger partial charge in [-0.05, 0) is 49.2 Å². The predicted molar refractivity (Wildman–Crippen MR) is 101 cm³/mol. The first-order valence-corrected chi connectivity index (χ1v) is 8.70. The van der Waals surface area contributed by atoms with E-state index in [-0.39, 0.29) is 5.91 Å². The smallest absolute Gasteiger partial charge is 0.312 e. The number of rotatable bonds is 5. The number of primary amides is 1. The van der Waals surface area contributed by atoms with Crippen molar-refractivity contribution in [3.8, 4) is 11.5 Å². The third-order valence-corrected chi connectivity index (χ3v) is 4.37. The van der Waals surface area contributed by atoms with E-state index < -0.39 is 11.6 Å². The van der Waals surface area contributed by atoms with Gasteiger partial charge >= 0.3 is 6.03 Å². The maximum Gasteiger partial charge on any atom is 0.312 e. The first-order valence-electron chi connectivity index (χ1n) is 8.70. The lowest BCUT2D eigenvalue weighted by Gasteiger charge is -2.28. The fourth-order valence-corrected chi connectivity index (χ4v) is 2.82. The van der Waals surface area contributed by atoms with Gasteiger partial charge in [-0.25, -0.2) is 4.79 Å². The molecular weight excluding hydrogens is 346 g/mol. The van der Waals surface area contributed by atoms with E-state index >= 15 is 0 Å². The molecule has 3 rings (SSSR count). The maximum absolute atomic E-state index is 12.6. The van der Waals surface area contributed by atoms with E-state index in [1.165, 1.54) is 0 Å². The van der Waals surface area contributed by atoms with Crippen LogP contribution in [0.25, 0.3) is 0 Å². The molecule has 0 radical (unpaired) electrons. The second kappa shape index (κ2) is 7.57. The van der Waals surface area contributed by atoms with Gasteiger partial charge in [0.25, 0.3) is 5.91 Å². The molecule has 0 saturated heterocycles. The first-order chi connectivity index (χ1) is 12.8. The molecule has 3 amide bonds. The fourth-order valence-electron chi connectivity index (χ4n) is 2.82. The molecule has 0 aromatic heterocycles. The van der Waals surface area contributed by atoms with Crippen molar-refractivity contribution >= 4 is 11.9 Å². The largest absolute Gasteiger partial charge is 0.486 e. The first kappa shape index (κ1) is 18.6. The van der Waals surface area contributed by atoms with E-state index in [1.807, 2.05) is 32.0 Å². The molecule has 2 aromatic rings. The van der Waals surface area contributed by atoms with E-state index in [0.29, 0.717) is 36.8 Å². The molecule has 0 spiro atoms. The number of nitrogens with one attached hydrogen (secondary N) is 2. The van der Waals surface area contributed by atoms with Crippen LogP contribution in [0.4, 0.5) is 4.79 Å². The van der Waals surface area contributed by atoms with Gasteiger partial charge in [0.05, 0.1) is 5.54 Å². The van der Waals surface area contributed by atoms with Crippen molar-refractivity contribution in [2.75, 3.05) is 13.2 Å². The normalized spacial score (nSPS) is 13.0. The van der Waals surface area contributed by atoms with Gasteiger partial charge < -0.3 is 25.8 Å². The minimum atomic E-state index is -0.598. The number of nitrogens with two attached hydrogens (primary N) is 1. The third-order valence-electron chi connectivity index (χ3n) is 4.37. The molecule has 142 valence electrons. The highest BCUT2D eigenvalue weighted by Gasteiger charge is 2.25. The SMILES string of the molecule is CC(C)(NC(=O)c1ccc(CNC(N)=O)cc1)c1ccc2c(c1)OCCO2. The Hall–Kier alpha value is -3.22. The second-order valence-electron chi connectivity index (χ2n) is 6.85. The predicted octanol–water partition coefficient (Wildman–Crippen LogP) is 2.29. The van der Waals surface area contributed by atoms with Crippen LogP contribution >= 0.6 is 0 Å². The number of benzene rings is 2. The average molecular weight is 369 g/mol. The van der Waals surface area contributed by atoms with Crippen LogP contribution in [0.5, 0.6) is 11.5 Å². The van der Waals surface area contributed by atoms with Crippen LogP contribution in [0.1, 0.15) is 35.3 Å². The molecule has 2 aromatic carbocycles. The number of fused-ring (bicyclic) bond motifs is 1. The van der Waals surface area contributed by atoms with Gasteiger partial charge in [0.1, 0.15) is 13.2 Å². The summed E-state index contributed by atoms with van der Waals surface area (Å²) < 4.78 is 11.2. The summed E-state index contributed by atoms with van der Waals surface area (Å²) >= 11 is 0. The molecule has 0 saturated carbocycles. The molecule has 27 heavy (non-hydrogen) atoms. The lowest BCUT2D eigenvalue weighted by Crippen LogP contribution is -2.41. The zero-order chi connectivity index (χ0) is 19.4. The summed E-state index contributed by atoms with van der Waals surface area (Å²) in [4.78, 5) is 23.4. The van der Waals surface area contributed by atoms with E-state index in [4.69, 9.17) is 15.2 Å². The lowest BCUT2D eigenvalue weighted by molar-refractivity contribution is 0.0911. The summed E-state index contributed by atoms with van der Waals surface area (Å²) in [5, 5.41) is 5.55. The molecule has 0 bridgehead atoms. The number of hydrogen-bond donors (Lipinski definition) is 3. The van der Waals surface area contributed by atoms with Gasteiger partial charge in [-0.3, -0.25) is 4.79 Å². The van der Waals surface area contributed by atoms with Gasteiger partial charge in [-0.2, -0.15) is 0 Å². The molecule has 1 aliphatic rings. The Kier molecular flexibility index (Phi) is 5.21. The Morgan fingerprint density at radius 2 is 1.70 bits per heavy atom. The van der Waals surface area contributed by atoms with Gasteiger partial charge in [0.15, 0.2) is 11.5 Å². The van der Waals surface area contributed by atoms with Crippen LogP contribution < -0.4 is 25.8 Å². The molecule has 0 aliphatic carbocycles. The summed E-state index contributed by atoms with van der Waals surface area (Å²) in [7, 11) is 0. The van der Waals surface area contributed by atoms with Crippen molar-refractivity contribution in [1.29, 1.82) is 0 Å². The molecular formula is C20H23N3O4. The number of urea groups is 1. The number of ether oxygens (including phenoxy) is 2. The Bertz CT molecular complexity index is 847. The molecule has 0 fully saturated rings. The van der Waals surface area contributed by atoms with E-state index in [0.717, 1.165) is 11.1 Å². The third kappa shape index (κ3) is 4.49. The lowest BCUT2D eigenvalue weighted by atomic mass is 9.93. The van der Waals surface area contributed by atoms with Crippen molar-refractivity contribution in [3.63, 3.8) is 0 Å². The van der Waals surface area contributed by atoms with Crippen LogP contribution in [0.3, 0.4) is 0 Å². The highest BCUT2D eigenvalue weighted by molar-refractivity contribution is 5.94. The molecule has 7 nitrogen and oxygen atoms in total. The summed E-state index contributed by atoms with van der Waals surface area (Å²) in [5.74, 6) is 1.21. The van der Waals surface area contributed by atoms with E-state index in [9.17, 15) is 9.59 Å². The molecule has 7 heteroatoms. The van der Waals surface area contributed by atoms with E-state index in [1.54, 1.807) is 24.3 Å². The number of amides is 3. The maximum atomic E-state index is 12.6. The van der Waals surface area contributed by atoms with Crippen molar-refractivity contribution < 1.29 is 19.1 Å². The number of carbonyl (C=O) groups excluding carboxylic acids is 2. The van der Waals surface area contributed by atoms with Crippen LogP contribution in [0, 0.1) is 0 Å². The van der Waals surface area contributed by atoms with Crippen LogP contribution in [0.15, 0.2) is 42.5 Å². The van der Waals surface area contributed by atoms with Crippen molar-refractivity contribution in [3.05, 3.63) is 59.2 Å². The summed E-state index contributed by atoms with van der Waals surface area (Å²) in [5.41, 5.74) is 6.76. The Labute approximate surface area is 157 Å². The fraction of sp³-hybridized carbons (Fsp3) is 0.300. The van der Waals surface area contributed by atoms with Gasteiger partial charge in [0.2, 0.25) is 0 Å². The van der Waals surface area contributed by atoms with Crippen molar-refractivity contribution in [2.24, 2.45) is 5.73 Å². The van der Waals surface area contributed by atoms with Gasteiger partial charge in [-0.1, -0.05) is 18.2 Å². The zero-order valence-corrected chi connectivity index (χ0v) is 15.4. The average Bonchev–Trinajstić information content (AvgIpc) is 2.66. The Balaban J connectivity index is 1.69. The Morgan fingerprint density at radius 1 is 1.04 bits per heavy atom. The number of hydrogen-bond acceptors (Lipinski definition) is 4. The standard InChI is InChI=1S/C20H23N3O4/c1-20(2,15-7-8-16-17(11-15)27-10-9-26-16)23-18(24)14-5-3-13(4-6-14)12-22-19(21)25/h3-8,11H,9-10,12H2,1-2H3,(H,23,24)(H3,21,22,25). The molecule has 4 N–H and O–H groups in total. The highest BCUT2D eigenvalue weighted by atomic mass is 16.6. The topological polar surface area (TPSA) is 103 Å². The summed E-state index contributed by atoms with van der Waals surface area (Å²) in [6, 6.07) is 12.1. The van der Waals surface area contributed by atoms with Crippen LogP contribution in [-0.2, 0) is 12.1 Å².